The predicted molar refractivity (Wildman–Crippen MR) is 88.7 cm³/mol. The third kappa shape index (κ3) is 3.78. The zero-order valence-electron chi connectivity index (χ0n) is 10.3. The number of carbonyl (C=O) groups excluding carboxylic acids is 1. The standard InChI is InChI=1S/C13H11BrN2O2S2/c14-8-5-6-20-12(8)13(17)16-9-3-1-2-4-10(9)18-7-11(15)19/h1-6H,7H2,(H2,15,19)(H,16,17). The van der Waals surface area contributed by atoms with Gasteiger partial charge >= 0.3 is 0 Å². The summed E-state index contributed by atoms with van der Waals surface area (Å²) in [6.07, 6.45) is 0. The maximum Gasteiger partial charge on any atom is 0.266 e. The Morgan fingerprint density at radius 2 is 2.15 bits per heavy atom. The predicted octanol–water partition coefficient (Wildman–Crippen LogP) is 3.43. The van der Waals surface area contributed by atoms with Crippen LogP contribution in [0.2, 0.25) is 0 Å². The number of halogens is 1. The van der Waals surface area contributed by atoms with Crippen LogP contribution in [-0.4, -0.2) is 17.5 Å². The van der Waals surface area contributed by atoms with Crippen LogP contribution in [-0.2, 0) is 0 Å². The van der Waals surface area contributed by atoms with Crippen LogP contribution in [0.15, 0.2) is 40.2 Å². The van der Waals surface area contributed by atoms with E-state index in [1.165, 1.54) is 11.3 Å². The summed E-state index contributed by atoms with van der Waals surface area (Å²) >= 11 is 9.46. The zero-order chi connectivity index (χ0) is 14.5. The lowest BCUT2D eigenvalue weighted by Crippen LogP contribution is -2.19. The highest BCUT2D eigenvalue weighted by Gasteiger charge is 2.13. The van der Waals surface area contributed by atoms with Gasteiger partial charge in [-0.05, 0) is 39.5 Å². The van der Waals surface area contributed by atoms with E-state index >= 15 is 0 Å². The van der Waals surface area contributed by atoms with Crippen LogP contribution in [0.5, 0.6) is 5.75 Å². The maximum atomic E-state index is 12.1. The van der Waals surface area contributed by atoms with Crippen molar-refractivity contribution in [2.24, 2.45) is 5.73 Å². The molecule has 2 rings (SSSR count). The van der Waals surface area contributed by atoms with E-state index in [0.29, 0.717) is 16.3 Å². The van der Waals surface area contributed by atoms with Crippen molar-refractivity contribution in [3.63, 3.8) is 0 Å². The molecule has 0 fully saturated rings. The molecule has 1 aromatic heterocycles. The SMILES string of the molecule is NC(=S)COc1ccccc1NC(=O)c1sccc1Br. The summed E-state index contributed by atoms with van der Waals surface area (Å²) in [6, 6.07) is 8.96. The molecule has 0 aliphatic rings. The highest BCUT2D eigenvalue weighted by Crippen LogP contribution is 2.27. The number of nitrogens with one attached hydrogen (secondary N) is 1. The lowest BCUT2D eigenvalue weighted by atomic mass is 10.3. The second-order valence-electron chi connectivity index (χ2n) is 3.80. The maximum absolute atomic E-state index is 12.1. The molecule has 0 bridgehead atoms. The highest BCUT2D eigenvalue weighted by molar-refractivity contribution is 9.10. The fraction of sp³-hybridized carbons (Fsp3) is 0.0769. The van der Waals surface area contributed by atoms with Crippen LogP contribution in [0.3, 0.4) is 0 Å². The second-order valence-corrected chi connectivity index (χ2v) is 6.10. The first-order chi connectivity index (χ1) is 9.58. The normalized spacial score (nSPS) is 10.1. The lowest BCUT2D eigenvalue weighted by molar-refractivity contribution is 0.102. The van der Waals surface area contributed by atoms with Crippen molar-refractivity contribution in [2.75, 3.05) is 11.9 Å². The Labute approximate surface area is 134 Å². The average Bonchev–Trinajstić information content (AvgIpc) is 2.84. The van der Waals surface area contributed by atoms with Gasteiger partial charge in [-0.25, -0.2) is 0 Å². The van der Waals surface area contributed by atoms with Crippen molar-refractivity contribution in [1.29, 1.82) is 0 Å². The molecule has 0 radical (unpaired) electrons. The molecule has 0 saturated carbocycles. The minimum Gasteiger partial charge on any atom is -0.484 e. The van der Waals surface area contributed by atoms with Gasteiger partial charge in [0.05, 0.1) is 5.69 Å². The molecule has 2 aromatic rings. The monoisotopic (exact) mass is 370 g/mol. The number of amides is 1. The molecule has 7 heteroatoms. The van der Waals surface area contributed by atoms with E-state index in [2.05, 4.69) is 21.2 Å². The van der Waals surface area contributed by atoms with E-state index in [1.54, 1.807) is 12.1 Å². The molecule has 0 unspecified atom stereocenters. The first-order valence-corrected chi connectivity index (χ1v) is 7.70. The third-order valence-corrected chi connectivity index (χ3v) is 4.28. The summed E-state index contributed by atoms with van der Waals surface area (Å²) in [4.78, 5) is 13.0. The number of benzene rings is 1. The van der Waals surface area contributed by atoms with Gasteiger partial charge in [0.15, 0.2) is 0 Å². The molecular formula is C13H11BrN2O2S2. The molecule has 104 valence electrons. The zero-order valence-corrected chi connectivity index (χ0v) is 13.5. The van der Waals surface area contributed by atoms with Crippen molar-refractivity contribution in [2.45, 2.75) is 0 Å². The number of hydrogen-bond acceptors (Lipinski definition) is 4. The van der Waals surface area contributed by atoms with Crippen molar-refractivity contribution in [3.05, 3.63) is 45.1 Å². The van der Waals surface area contributed by atoms with Gasteiger partial charge in [-0.1, -0.05) is 24.4 Å². The smallest absolute Gasteiger partial charge is 0.266 e. The molecule has 0 spiro atoms. The average molecular weight is 371 g/mol. The van der Waals surface area contributed by atoms with Crippen molar-refractivity contribution >= 4 is 56.1 Å². The van der Waals surface area contributed by atoms with Crippen LogP contribution in [0, 0.1) is 0 Å². The summed E-state index contributed by atoms with van der Waals surface area (Å²) in [5, 5.41) is 4.65. The van der Waals surface area contributed by atoms with Crippen LogP contribution in [0.25, 0.3) is 0 Å². The summed E-state index contributed by atoms with van der Waals surface area (Å²) in [5.41, 5.74) is 5.98. The van der Waals surface area contributed by atoms with Gasteiger partial charge in [0, 0.05) is 4.47 Å². The molecule has 4 nitrogen and oxygen atoms in total. The minimum absolute atomic E-state index is 0.130. The Balaban J connectivity index is 2.15. The second kappa shape index (κ2) is 6.83. The minimum atomic E-state index is -0.196. The number of thiophene rings is 1. The van der Waals surface area contributed by atoms with Gasteiger partial charge in [0.1, 0.15) is 22.2 Å². The third-order valence-electron chi connectivity index (χ3n) is 2.33. The van der Waals surface area contributed by atoms with E-state index in [9.17, 15) is 4.79 Å². The van der Waals surface area contributed by atoms with E-state index in [-0.39, 0.29) is 17.5 Å². The first-order valence-electron chi connectivity index (χ1n) is 5.62. The fourth-order valence-electron chi connectivity index (χ4n) is 1.48. The number of hydrogen-bond donors (Lipinski definition) is 2. The molecule has 0 aliphatic carbocycles. The molecule has 1 amide bonds. The molecule has 0 aliphatic heterocycles. The van der Waals surface area contributed by atoms with E-state index < -0.39 is 0 Å². The Bertz CT molecular complexity index is 643. The molecule has 3 N–H and O–H groups in total. The Hall–Kier alpha value is -1.44. The van der Waals surface area contributed by atoms with Gasteiger partial charge in [-0.15, -0.1) is 11.3 Å². The molecular weight excluding hydrogens is 360 g/mol. The Kier molecular flexibility index (Phi) is 5.11. The Morgan fingerprint density at radius 1 is 1.40 bits per heavy atom. The fourth-order valence-corrected chi connectivity index (χ4v) is 2.98. The number of para-hydroxylation sites is 2. The first kappa shape index (κ1) is 15.0. The van der Waals surface area contributed by atoms with Crippen LogP contribution in [0.1, 0.15) is 9.67 Å². The number of anilines is 1. The van der Waals surface area contributed by atoms with E-state index in [1.807, 2.05) is 23.6 Å². The highest BCUT2D eigenvalue weighted by atomic mass is 79.9. The van der Waals surface area contributed by atoms with Gasteiger partial charge in [0.25, 0.3) is 5.91 Å². The number of ether oxygens (including phenoxy) is 1. The topological polar surface area (TPSA) is 64.3 Å². The lowest BCUT2D eigenvalue weighted by Gasteiger charge is -2.11. The summed E-state index contributed by atoms with van der Waals surface area (Å²) in [6.45, 7) is 0.130. The summed E-state index contributed by atoms with van der Waals surface area (Å²) < 4.78 is 6.22. The van der Waals surface area contributed by atoms with Crippen molar-refractivity contribution in [1.82, 2.24) is 0 Å². The van der Waals surface area contributed by atoms with Gasteiger partial charge < -0.3 is 15.8 Å². The molecule has 1 heterocycles. The van der Waals surface area contributed by atoms with Crippen molar-refractivity contribution < 1.29 is 9.53 Å². The number of rotatable bonds is 5. The summed E-state index contributed by atoms with van der Waals surface area (Å²) in [5.74, 6) is 0.333. The van der Waals surface area contributed by atoms with Gasteiger partial charge in [-0.3, -0.25) is 4.79 Å². The number of carbonyl (C=O) groups is 1. The van der Waals surface area contributed by atoms with E-state index in [4.69, 9.17) is 22.7 Å². The van der Waals surface area contributed by atoms with Gasteiger partial charge in [0.2, 0.25) is 0 Å². The molecule has 0 atom stereocenters. The number of thiocarbonyl (C=S) groups is 1. The van der Waals surface area contributed by atoms with E-state index in [0.717, 1.165) is 4.47 Å². The van der Waals surface area contributed by atoms with Crippen LogP contribution < -0.4 is 15.8 Å². The van der Waals surface area contributed by atoms with Crippen molar-refractivity contribution in [3.8, 4) is 5.75 Å². The molecule has 1 aromatic carbocycles. The van der Waals surface area contributed by atoms with Crippen LogP contribution >= 0.6 is 39.5 Å². The molecule has 20 heavy (non-hydrogen) atoms. The Morgan fingerprint density at radius 3 is 2.80 bits per heavy atom. The van der Waals surface area contributed by atoms with Gasteiger partial charge in [-0.2, -0.15) is 0 Å². The quantitative estimate of drug-likeness (QED) is 0.791. The van der Waals surface area contributed by atoms with Crippen LogP contribution in [0.4, 0.5) is 5.69 Å². The summed E-state index contributed by atoms with van der Waals surface area (Å²) in [7, 11) is 0. The molecule has 0 saturated heterocycles. The largest absolute Gasteiger partial charge is 0.484 e. The number of nitrogens with two attached hydrogens (primary N) is 1.